The summed E-state index contributed by atoms with van der Waals surface area (Å²) >= 11 is 0. The number of methoxy groups -OCH3 is 1. The molecule has 3 rings (SSSR count). The Balaban J connectivity index is 1.63. The number of sulfonamides is 1. The van der Waals surface area contributed by atoms with Crippen LogP contribution in [0.4, 0.5) is 0 Å². The zero-order chi connectivity index (χ0) is 14.9. The van der Waals surface area contributed by atoms with Crippen molar-refractivity contribution >= 4 is 10.0 Å². The first-order valence-corrected chi connectivity index (χ1v) is 8.88. The summed E-state index contributed by atoms with van der Waals surface area (Å²) < 4.78 is 37.3. The minimum absolute atomic E-state index is 0.0472. The molecular weight excluding hydrogens is 292 g/mol. The summed E-state index contributed by atoms with van der Waals surface area (Å²) in [4.78, 5) is 0. The van der Waals surface area contributed by atoms with Crippen LogP contribution < -0.4 is 5.32 Å². The average Bonchev–Trinajstić information content (AvgIpc) is 3.21. The van der Waals surface area contributed by atoms with E-state index in [1.54, 1.807) is 19.2 Å². The number of piperidine rings is 1. The van der Waals surface area contributed by atoms with Gasteiger partial charge in [0.05, 0.1) is 12.6 Å². The van der Waals surface area contributed by atoms with Crippen LogP contribution in [0.2, 0.25) is 0 Å². The van der Waals surface area contributed by atoms with Gasteiger partial charge in [-0.1, -0.05) is 0 Å². The number of furan rings is 1. The maximum Gasteiger partial charge on any atom is 0.276 e. The van der Waals surface area contributed by atoms with Gasteiger partial charge in [-0.05, 0) is 37.8 Å². The summed E-state index contributed by atoms with van der Waals surface area (Å²) in [6.45, 7) is 1.56. The second-order valence-corrected chi connectivity index (χ2v) is 7.58. The lowest BCUT2D eigenvalue weighted by Crippen LogP contribution is -2.40. The Morgan fingerprint density at radius 3 is 2.62 bits per heavy atom. The molecule has 1 saturated heterocycles. The Morgan fingerprint density at radius 1 is 1.29 bits per heavy atom. The van der Waals surface area contributed by atoms with Crippen molar-refractivity contribution in [3.63, 3.8) is 0 Å². The fraction of sp³-hybridized carbons (Fsp3) is 0.714. The molecule has 0 aromatic carbocycles. The van der Waals surface area contributed by atoms with Crippen LogP contribution in [0, 0.1) is 0 Å². The zero-order valence-electron chi connectivity index (χ0n) is 12.2. The van der Waals surface area contributed by atoms with E-state index in [1.807, 2.05) is 0 Å². The molecule has 2 fully saturated rings. The Kier molecular flexibility index (Phi) is 4.35. The van der Waals surface area contributed by atoms with Crippen molar-refractivity contribution < 1.29 is 17.6 Å². The van der Waals surface area contributed by atoms with Crippen LogP contribution in [0.25, 0.3) is 0 Å². The summed E-state index contributed by atoms with van der Waals surface area (Å²) in [6, 6.07) is 3.87. The SMILES string of the molecule is COC1CCN(S(=O)(=O)c2ccc(CNC3CC3)o2)CC1. The molecule has 0 unspecified atom stereocenters. The lowest BCUT2D eigenvalue weighted by atomic mass is 10.1. The standard InChI is InChI=1S/C14H22N2O4S/c1-19-12-6-8-16(9-7-12)21(17,18)14-5-4-13(20-14)10-15-11-2-3-11/h4-5,11-12,15H,2-3,6-10H2,1H3. The number of nitrogens with one attached hydrogen (secondary N) is 1. The van der Waals surface area contributed by atoms with E-state index in [4.69, 9.17) is 9.15 Å². The molecule has 6 nitrogen and oxygen atoms in total. The highest BCUT2D eigenvalue weighted by Crippen LogP contribution is 2.24. The normalized spacial score (nSPS) is 21.8. The number of hydrogen-bond acceptors (Lipinski definition) is 5. The third-order valence-corrected chi connectivity index (χ3v) is 5.88. The molecule has 1 N–H and O–H groups in total. The van der Waals surface area contributed by atoms with Crippen molar-refractivity contribution in [2.75, 3.05) is 20.2 Å². The van der Waals surface area contributed by atoms with Gasteiger partial charge in [-0.25, -0.2) is 8.42 Å². The predicted octanol–water partition coefficient (Wildman–Crippen LogP) is 1.33. The van der Waals surface area contributed by atoms with Crippen LogP contribution in [0.3, 0.4) is 0 Å². The van der Waals surface area contributed by atoms with Crippen LogP contribution >= 0.6 is 0 Å². The van der Waals surface area contributed by atoms with Gasteiger partial charge in [0.1, 0.15) is 5.76 Å². The van der Waals surface area contributed by atoms with E-state index < -0.39 is 10.0 Å². The molecule has 7 heteroatoms. The van der Waals surface area contributed by atoms with E-state index in [0.29, 0.717) is 31.4 Å². The van der Waals surface area contributed by atoms with Gasteiger partial charge in [0.15, 0.2) is 0 Å². The highest BCUT2D eigenvalue weighted by atomic mass is 32.2. The molecule has 0 radical (unpaired) electrons. The molecule has 21 heavy (non-hydrogen) atoms. The predicted molar refractivity (Wildman–Crippen MR) is 77.4 cm³/mol. The second-order valence-electron chi connectivity index (χ2n) is 5.72. The Hall–Kier alpha value is -0.890. The first-order valence-electron chi connectivity index (χ1n) is 7.44. The maximum atomic E-state index is 12.5. The van der Waals surface area contributed by atoms with Crippen molar-refractivity contribution in [1.82, 2.24) is 9.62 Å². The van der Waals surface area contributed by atoms with Gasteiger partial charge in [0.2, 0.25) is 5.09 Å². The topological polar surface area (TPSA) is 71.8 Å². The van der Waals surface area contributed by atoms with Crippen LogP contribution in [0.5, 0.6) is 0 Å². The van der Waals surface area contributed by atoms with Crippen molar-refractivity contribution in [3.05, 3.63) is 17.9 Å². The highest BCUT2D eigenvalue weighted by molar-refractivity contribution is 7.89. The largest absolute Gasteiger partial charge is 0.447 e. The summed E-state index contributed by atoms with van der Waals surface area (Å²) in [6.07, 6.45) is 4.01. The molecule has 0 spiro atoms. The lowest BCUT2D eigenvalue weighted by molar-refractivity contribution is 0.0601. The van der Waals surface area contributed by atoms with Crippen molar-refractivity contribution in [2.24, 2.45) is 0 Å². The molecule has 2 aliphatic rings. The van der Waals surface area contributed by atoms with E-state index in [-0.39, 0.29) is 11.2 Å². The minimum atomic E-state index is -3.51. The van der Waals surface area contributed by atoms with E-state index in [2.05, 4.69) is 5.32 Å². The highest BCUT2D eigenvalue weighted by Gasteiger charge is 2.31. The molecule has 0 bridgehead atoms. The smallest absolute Gasteiger partial charge is 0.276 e. The lowest BCUT2D eigenvalue weighted by Gasteiger charge is -2.29. The number of ether oxygens (including phenoxy) is 1. The molecule has 1 saturated carbocycles. The van der Waals surface area contributed by atoms with E-state index in [1.165, 1.54) is 17.1 Å². The molecule has 1 aliphatic heterocycles. The maximum absolute atomic E-state index is 12.5. The summed E-state index contributed by atoms with van der Waals surface area (Å²) in [7, 11) is -1.85. The zero-order valence-corrected chi connectivity index (χ0v) is 13.1. The Labute approximate surface area is 125 Å². The fourth-order valence-electron chi connectivity index (χ4n) is 2.56. The quantitative estimate of drug-likeness (QED) is 0.858. The summed E-state index contributed by atoms with van der Waals surface area (Å²) in [5.41, 5.74) is 0. The first kappa shape index (κ1) is 15.0. The van der Waals surface area contributed by atoms with Gasteiger partial charge < -0.3 is 14.5 Å². The van der Waals surface area contributed by atoms with Crippen LogP contribution in [0.15, 0.2) is 21.6 Å². The summed E-state index contributed by atoms with van der Waals surface area (Å²) in [5, 5.41) is 3.36. The number of hydrogen-bond donors (Lipinski definition) is 1. The molecule has 1 aromatic rings. The van der Waals surface area contributed by atoms with Crippen molar-refractivity contribution in [2.45, 2.75) is 49.5 Å². The molecule has 1 aromatic heterocycles. The van der Waals surface area contributed by atoms with E-state index >= 15 is 0 Å². The van der Waals surface area contributed by atoms with Crippen molar-refractivity contribution in [1.29, 1.82) is 0 Å². The fourth-order valence-corrected chi connectivity index (χ4v) is 3.96. The second kappa shape index (κ2) is 6.08. The van der Waals surface area contributed by atoms with Gasteiger partial charge in [-0.3, -0.25) is 0 Å². The van der Waals surface area contributed by atoms with Gasteiger partial charge in [-0.2, -0.15) is 4.31 Å². The number of rotatable bonds is 6. The van der Waals surface area contributed by atoms with Crippen LogP contribution in [0.1, 0.15) is 31.4 Å². The van der Waals surface area contributed by atoms with E-state index in [0.717, 1.165) is 12.8 Å². The Bertz CT molecular complexity index is 572. The van der Waals surface area contributed by atoms with Gasteiger partial charge >= 0.3 is 0 Å². The minimum Gasteiger partial charge on any atom is -0.447 e. The average molecular weight is 314 g/mol. The molecule has 0 atom stereocenters. The van der Waals surface area contributed by atoms with Gasteiger partial charge in [-0.15, -0.1) is 0 Å². The molecule has 2 heterocycles. The van der Waals surface area contributed by atoms with Gasteiger partial charge in [0.25, 0.3) is 10.0 Å². The van der Waals surface area contributed by atoms with Crippen molar-refractivity contribution in [3.8, 4) is 0 Å². The van der Waals surface area contributed by atoms with Crippen LogP contribution in [-0.4, -0.2) is 45.1 Å². The van der Waals surface area contributed by atoms with Crippen LogP contribution in [-0.2, 0) is 21.3 Å². The molecule has 0 amide bonds. The third-order valence-electron chi connectivity index (χ3n) is 4.11. The molecule has 1 aliphatic carbocycles. The molecular formula is C14H22N2O4S. The Morgan fingerprint density at radius 2 is 2.00 bits per heavy atom. The van der Waals surface area contributed by atoms with Gasteiger partial charge in [0, 0.05) is 26.2 Å². The summed E-state index contributed by atoms with van der Waals surface area (Å²) in [5.74, 6) is 0.673. The third kappa shape index (κ3) is 3.48. The number of nitrogens with zero attached hydrogens (tertiary/aromatic N) is 1. The monoisotopic (exact) mass is 314 g/mol. The molecule has 118 valence electrons. The first-order chi connectivity index (χ1) is 10.1. The van der Waals surface area contributed by atoms with E-state index in [9.17, 15) is 8.42 Å².